The lowest BCUT2D eigenvalue weighted by atomic mass is 9.81. The number of hydrogen-bond acceptors (Lipinski definition) is 2. The molecule has 382 valence electrons. The lowest BCUT2D eigenvalue weighted by Crippen LogP contribution is -2.14. The molecule has 0 aromatic heterocycles. The first kappa shape index (κ1) is 48.6. The zero-order valence-corrected chi connectivity index (χ0v) is 45.6. The Morgan fingerprint density at radius 3 is 0.688 bits per heavy atom. The maximum atomic E-state index is 2.41. The van der Waals surface area contributed by atoms with E-state index < -0.39 is 0 Å². The Kier molecular flexibility index (Phi) is 11.9. The summed E-state index contributed by atoms with van der Waals surface area (Å²) in [7, 11) is 0. The molecule has 80 heavy (non-hydrogen) atoms. The standard InChI is InChI=1S/C78H60N2/c1-77(2)73-21-13-11-19-69(73)71-49-35-61(51-75(71)77)59-31-45-67(46-32-59)80(68-47-33-60(34-48-68)62-36-50-72-70-20-12-14-22-74(70)78(3,4)76(72)52-62)66-43-29-58(30-44-66)57-27-41-65(42-28-57)79(63-37-23-55(24-38-63)53-15-7-5-8-16-53)64-39-25-56(26-40-64)54-17-9-6-10-18-54/h5-52H,1-4H3. The van der Waals surface area contributed by atoms with Gasteiger partial charge >= 0.3 is 0 Å². The molecular weight excluding hydrogens is 965 g/mol. The largest absolute Gasteiger partial charge is 0.311 e. The first-order chi connectivity index (χ1) is 39.2. The summed E-state index contributed by atoms with van der Waals surface area (Å²) < 4.78 is 0. The van der Waals surface area contributed by atoms with Gasteiger partial charge in [0, 0.05) is 45.0 Å². The van der Waals surface area contributed by atoms with Crippen LogP contribution in [-0.2, 0) is 10.8 Å². The fourth-order valence-electron chi connectivity index (χ4n) is 12.7. The van der Waals surface area contributed by atoms with E-state index in [0.717, 1.165) is 45.3 Å². The Labute approximate surface area is 471 Å². The molecule has 0 atom stereocenters. The fraction of sp³-hybridized carbons (Fsp3) is 0.0769. The van der Waals surface area contributed by atoms with Gasteiger partial charge in [-0.1, -0.05) is 234 Å². The predicted molar refractivity (Wildman–Crippen MR) is 338 cm³/mol. The van der Waals surface area contributed by atoms with Gasteiger partial charge in [0.15, 0.2) is 0 Å². The van der Waals surface area contributed by atoms with Crippen LogP contribution in [0.5, 0.6) is 0 Å². The molecular formula is C78H60N2. The highest BCUT2D eigenvalue weighted by molar-refractivity contribution is 5.88. The first-order valence-electron chi connectivity index (χ1n) is 28.0. The minimum Gasteiger partial charge on any atom is -0.311 e. The topological polar surface area (TPSA) is 6.48 Å². The maximum absolute atomic E-state index is 2.41. The molecule has 14 rings (SSSR count). The average molecular weight is 1030 g/mol. The molecule has 0 saturated carbocycles. The number of hydrogen-bond donors (Lipinski definition) is 0. The first-order valence-corrected chi connectivity index (χ1v) is 28.0. The molecule has 0 N–H and O–H groups in total. The highest BCUT2D eigenvalue weighted by atomic mass is 15.1. The molecule has 0 saturated heterocycles. The van der Waals surface area contributed by atoms with E-state index in [2.05, 4.69) is 329 Å². The third-order valence-electron chi connectivity index (χ3n) is 17.1. The molecule has 0 radical (unpaired) electrons. The van der Waals surface area contributed by atoms with Gasteiger partial charge in [-0.2, -0.15) is 0 Å². The molecule has 0 fully saturated rings. The van der Waals surface area contributed by atoms with Crippen molar-refractivity contribution in [2.75, 3.05) is 9.80 Å². The van der Waals surface area contributed by atoms with E-state index in [9.17, 15) is 0 Å². The average Bonchev–Trinajstić information content (AvgIpc) is 4.11. The number of anilines is 6. The van der Waals surface area contributed by atoms with Gasteiger partial charge in [-0.15, -0.1) is 0 Å². The van der Waals surface area contributed by atoms with Crippen molar-refractivity contribution in [3.8, 4) is 77.9 Å². The zero-order chi connectivity index (χ0) is 54.0. The smallest absolute Gasteiger partial charge is 0.0462 e. The Balaban J connectivity index is 0.788. The molecule has 0 heterocycles. The zero-order valence-electron chi connectivity index (χ0n) is 45.6. The third kappa shape index (κ3) is 8.52. The summed E-state index contributed by atoms with van der Waals surface area (Å²) in [6.45, 7) is 9.41. The summed E-state index contributed by atoms with van der Waals surface area (Å²) in [4.78, 5) is 4.73. The summed E-state index contributed by atoms with van der Waals surface area (Å²) in [6.07, 6.45) is 0. The van der Waals surface area contributed by atoms with E-state index in [-0.39, 0.29) is 10.8 Å². The van der Waals surface area contributed by atoms with E-state index in [1.165, 1.54) is 89.0 Å². The molecule has 2 aliphatic carbocycles. The van der Waals surface area contributed by atoms with Crippen LogP contribution in [0.1, 0.15) is 49.9 Å². The highest BCUT2D eigenvalue weighted by Gasteiger charge is 2.36. The van der Waals surface area contributed by atoms with Crippen LogP contribution in [0, 0.1) is 0 Å². The quantitative estimate of drug-likeness (QED) is 0.127. The molecule has 2 nitrogen and oxygen atoms in total. The van der Waals surface area contributed by atoms with Crippen molar-refractivity contribution in [2.45, 2.75) is 38.5 Å². The van der Waals surface area contributed by atoms with Gasteiger partial charge in [-0.05, 0) is 185 Å². The lowest BCUT2D eigenvalue weighted by Gasteiger charge is -2.27. The van der Waals surface area contributed by atoms with Crippen LogP contribution in [0.3, 0.4) is 0 Å². The Morgan fingerprint density at radius 1 is 0.188 bits per heavy atom. The van der Waals surface area contributed by atoms with Crippen molar-refractivity contribution in [3.63, 3.8) is 0 Å². The van der Waals surface area contributed by atoms with Gasteiger partial charge in [0.2, 0.25) is 0 Å². The summed E-state index contributed by atoms with van der Waals surface area (Å²) in [5.41, 5.74) is 29.3. The van der Waals surface area contributed by atoms with Crippen LogP contribution in [0.2, 0.25) is 0 Å². The van der Waals surface area contributed by atoms with Gasteiger partial charge in [0.1, 0.15) is 0 Å². The van der Waals surface area contributed by atoms with Crippen molar-refractivity contribution in [1.82, 2.24) is 0 Å². The molecule has 12 aromatic carbocycles. The summed E-state index contributed by atoms with van der Waals surface area (Å²) in [5, 5.41) is 0. The maximum Gasteiger partial charge on any atom is 0.0462 e. The van der Waals surface area contributed by atoms with Gasteiger partial charge in [0.25, 0.3) is 0 Å². The third-order valence-corrected chi connectivity index (χ3v) is 17.1. The summed E-state index contributed by atoms with van der Waals surface area (Å²) in [6, 6.07) is 107. The van der Waals surface area contributed by atoms with Gasteiger partial charge in [-0.3, -0.25) is 0 Å². The number of rotatable bonds is 11. The molecule has 0 bridgehead atoms. The minimum atomic E-state index is -0.0633. The number of benzene rings is 12. The van der Waals surface area contributed by atoms with Crippen LogP contribution >= 0.6 is 0 Å². The van der Waals surface area contributed by atoms with Crippen molar-refractivity contribution >= 4 is 34.1 Å². The second-order valence-electron chi connectivity index (χ2n) is 22.5. The van der Waals surface area contributed by atoms with Crippen LogP contribution < -0.4 is 9.80 Å². The lowest BCUT2D eigenvalue weighted by molar-refractivity contribution is 0.660. The van der Waals surface area contributed by atoms with Gasteiger partial charge < -0.3 is 9.80 Å². The van der Waals surface area contributed by atoms with Crippen molar-refractivity contribution in [3.05, 3.63) is 313 Å². The van der Waals surface area contributed by atoms with Crippen LogP contribution in [0.15, 0.2) is 291 Å². The highest BCUT2D eigenvalue weighted by Crippen LogP contribution is 2.51. The fourth-order valence-corrected chi connectivity index (χ4v) is 12.7. The van der Waals surface area contributed by atoms with Crippen molar-refractivity contribution < 1.29 is 0 Å². The molecule has 0 aliphatic heterocycles. The second-order valence-corrected chi connectivity index (χ2v) is 22.5. The number of nitrogens with zero attached hydrogens (tertiary/aromatic N) is 2. The molecule has 0 unspecified atom stereocenters. The minimum absolute atomic E-state index is 0.0633. The predicted octanol–water partition coefficient (Wildman–Crippen LogP) is 21.6. The van der Waals surface area contributed by atoms with E-state index in [0.29, 0.717) is 0 Å². The summed E-state index contributed by atoms with van der Waals surface area (Å²) in [5.74, 6) is 0. The van der Waals surface area contributed by atoms with E-state index in [1.807, 2.05) is 0 Å². The molecule has 12 aromatic rings. The van der Waals surface area contributed by atoms with Crippen molar-refractivity contribution in [2.24, 2.45) is 0 Å². The monoisotopic (exact) mass is 1020 g/mol. The SMILES string of the molecule is CC1(C)c2ccccc2-c2ccc(-c3ccc(N(c4ccc(-c5ccc(N(c6ccc(-c7ccccc7)cc6)c6ccc(-c7ccccc7)cc6)cc5)cc4)c4ccc(-c5ccc6c(c5)C(C)(C)c5ccccc5-6)cc4)cc3)cc21. The van der Waals surface area contributed by atoms with Crippen molar-refractivity contribution in [1.29, 1.82) is 0 Å². The van der Waals surface area contributed by atoms with E-state index in [4.69, 9.17) is 0 Å². The number of fused-ring (bicyclic) bond motifs is 6. The second kappa shape index (κ2) is 19.6. The Hall–Kier alpha value is -9.76. The molecule has 0 amide bonds. The van der Waals surface area contributed by atoms with Gasteiger partial charge in [-0.25, -0.2) is 0 Å². The van der Waals surface area contributed by atoms with Crippen LogP contribution in [0.25, 0.3) is 77.9 Å². The molecule has 0 spiro atoms. The Morgan fingerprint density at radius 2 is 0.400 bits per heavy atom. The molecule has 2 aliphatic rings. The van der Waals surface area contributed by atoms with Gasteiger partial charge in [0.05, 0.1) is 0 Å². The Bertz CT molecular complexity index is 3980. The summed E-state index contributed by atoms with van der Waals surface area (Å²) >= 11 is 0. The van der Waals surface area contributed by atoms with Crippen LogP contribution in [0.4, 0.5) is 34.1 Å². The van der Waals surface area contributed by atoms with E-state index >= 15 is 0 Å². The normalized spacial score (nSPS) is 13.2. The van der Waals surface area contributed by atoms with Crippen LogP contribution in [-0.4, -0.2) is 0 Å². The molecule has 2 heteroatoms. The van der Waals surface area contributed by atoms with E-state index in [1.54, 1.807) is 0 Å².